The summed E-state index contributed by atoms with van der Waals surface area (Å²) in [7, 11) is 0. The van der Waals surface area contributed by atoms with Gasteiger partial charge in [-0.25, -0.2) is 0 Å². The number of hydrogen-bond donors (Lipinski definition) is 3. The van der Waals surface area contributed by atoms with Crippen molar-refractivity contribution in [3.05, 3.63) is 80.9 Å². The van der Waals surface area contributed by atoms with E-state index in [1.807, 2.05) is 50.2 Å². The Morgan fingerprint density at radius 2 is 1.97 bits per heavy atom. The molecule has 1 atom stereocenters. The van der Waals surface area contributed by atoms with Crippen LogP contribution in [0.3, 0.4) is 0 Å². The molecule has 2 aromatic heterocycles. The fourth-order valence-corrected chi connectivity index (χ4v) is 5.38. The molecule has 0 bridgehead atoms. The third-order valence-corrected chi connectivity index (χ3v) is 7.38. The number of carbonyl (C=O) groups is 1. The fraction of sp³-hybridized carbons (Fsp3) is 0.269. The van der Waals surface area contributed by atoms with E-state index in [-0.39, 0.29) is 24.0 Å². The molecule has 1 aromatic carbocycles. The molecule has 3 aromatic rings. The van der Waals surface area contributed by atoms with E-state index in [9.17, 15) is 4.79 Å². The maximum Gasteiger partial charge on any atom is 0.222 e. The van der Waals surface area contributed by atoms with Gasteiger partial charge in [-0.3, -0.25) is 30.5 Å². The Bertz CT molecular complexity index is 1300. The van der Waals surface area contributed by atoms with Gasteiger partial charge in [0.25, 0.3) is 0 Å². The van der Waals surface area contributed by atoms with Gasteiger partial charge in [-0.05, 0) is 56.5 Å². The summed E-state index contributed by atoms with van der Waals surface area (Å²) >= 11 is 7.67. The highest BCUT2D eigenvalue weighted by Crippen LogP contribution is 2.40. The average molecular weight is 507 g/mol. The number of carbonyl (C=O) groups excluding carboxylic acids is 1. The zero-order chi connectivity index (χ0) is 25.1. The maximum absolute atomic E-state index is 12.9. The Hall–Kier alpha value is -3.36. The molecule has 0 spiro atoms. The molecule has 3 N–H and O–H groups in total. The van der Waals surface area contributed by atoms with Crippen molar-refractivity contribution in [3.63, 3.8) is 0 Å². The number of amidine groups is 2. The summed E-state index contributed by atoms with van der Waals surface area (Å²) in [4.78, 5) is 24.6. The zero-order valence-electron chi connectivity index (χ0n) is 19.9. The van der Waals surface area contributed by atoms with Gasteiger partial charge >= 0.3 is 0 Å². The minimum atomic E-state index is -0.737. The van der Waals surface area contributed by atoms with Gasteiger partial charge in [-0.1, -0.05) is 29.8 Å². The first kappa shape index (κ1) is 24.8. The predicted molar refractivity (Wildman–Crippen MR) is 144 cm³/mol. The quantitative estimate of drug-likeness (QED) is 0.317. The van der Waals surface area contributed by atoms with Crippen LogP contribution in [0.4, 0.5) is 5.00 Å². The van der Waals surface area contributed by atoms with Gasteiger partial charge in [0.2, 0.25) is 5.91 Å². The summed E-state index contributed by atoms with van der Waals surface area (Å²) in [6.45, 7) is 6.18. The number of halogens is 1. The molecule has 1 aliphatic heterocycles. The average Bonchev–Trinajstić information content (AvgIpc) is 3.04. The molecular formula is C26H27ClN6OS. The Balaban J connectivity index is 1.67. The molecule has 0 saturated carbocycles. The van der Waals surface area contributed by atoms with Crippen molar-refractivity contribution >= 4 is 51.2 Å². The number of thiophene rings is 1. The van der Waals surface area contributed by atoms with Gasteiger partial charge in [0.05, 0.1) is 12.1 Å². The molecule has 180 valence electrons. The third kappa shape index (κ3) is 5.33. The van der Waals surface area contributed by atoms with Crippen molar-refractivity contribution in [1.82, 2.24) is 10.3 Å². The third-order valence-electron chi connectivity index (χ3n) is 5.94. The number of hydrogen-bond acceptors (Lipinski definition) is 6. The highest BCUT2D eigenvalue weighted by Gasteiger charge is 2.34. The summed E-state index contributed by atoms with van der Waals surface area (Å²) in [6, 6.07) is 10.5. The summed E-state index contributed by atoms with van der Waals surface area (Å²) in [5.74, 6) is 0.141. The Kier molecular flexibility index (Phi) is 7.42. The molecular weight excluding hydrogens is 480 g/mol. The molecule has 35 heavy (non-hydrogen) atoms. The van der Waals surface area contributed by atoms with Crippen LogP contribution in [0.25, 0.3) is 0 Å². The van der Waals surface area contributed by atoms with E-state index < -0.39 is 6.04 Å². The number of fused-ring (bicyclic) bond motifs is 1. The Morgan fingerprint density at radius 3 is 2.63 bits per heavy atom. The smallest absolute Gasteiger partial charge is 0.222 e. The molecule has 0 aliphatic carbocycles. The second kappa shape index (κ2) is 10.5. The number of aliphatic imine (C=N–C) groups is 1. The molecule has 4 rings (SSSR count). The lowest BCUT2D eigenvalue weighted by atomic mass is 9.99. The van der Waals surface area contributed by atoms with E-state index in [0.717, 1.165) is 32.1 Å². The van der Waals surface area contributed by atoms with E-state index >= 15 is 0 Å². The summed E-state index contributed by atoms with van der Waals surface area (Å²) in [5.41, 5.74) is 4.56. The number of anilines is 1. The molecule has 3 heterocycles. The van der Waals surface area contributed by atoms with Crippen molar-refractivity contribution in [2.45, 2.75) is 39.7 Å². The van der Waals surface area contributed by atoms with Crippen LogP contribution in [0.5, 0.6) is 0 Å². The Morgan fingerprint density at radius 1 is 1.23 bits per heavy atom. The minimum Gasteiger partial charge on any atom is -0.356 e. The van der Waals surface area contributed by atoms with Crippen molar-refractivity contribution in [2.24, 2.45) is 4.99 Å². The van der Waals surface area contributed by atoms with Gasteiger partial charge < -0.3 is 5.32 Å². The molecule has 0 fully saturated rings. The number of aryl methyl sites for hydroxylation is 1. The van der Waals surface area contributed by atoms with Crippen molar-refractivity contribution < 1.29 is 4.79 Å². The monoisotopic (exact) mass is 506 g/mol. The lowest BCUT2D eigenvalue weighted by molar-refractivity contribution is -0.121. The minimum absolute atomic E-state index is 0.0136. The predicted octanol–water partition coefficient (Wildman–Crippen LogP) is 5.16. The molecule has 0 saturated heterocycles. The summed E-state index contributed by atoms with van der Waals surface area (Å²) < 4.78 is 0. The van der Waals surface area contributed by atoms with E-state index in [2.05, 4.69) is 10.3 Å². The molecule has 1 aliphatic rings. The highest BCUT2D eigenvalue weighted by atomic mass is 35.5. The van der Waals surface area contributed by atoms with Gasteiger partial charge in [0.1, 0.15) is 22.7 Å². The van der Waals surface area contributed by atoms with Crippen LogP contribution in [-0.4, -0.2) is 40.9 Å². The normalized spacial score (nSPS) is 15.3. The van der Waals surface area contributed by atoms with Crippen LogP contribution in [-0.2, 0) is 11.2 Å². The lowest BCUT2D eigenvalue weighted by Gasteiger charge is -2.24. The van der Waals surface area contributed by atoms with Gasteiger partial charge in [0.15, 0.2) is 0 Å². The van der Waals surface area contributed by atoms with Crippen molar-refractivity contribution in [1.29, 1.82) is 10.8 Å². The van der Waals surface area contributed by atoms with Crippen LogP contribution in [0.15, 0.2) is 53.8 Å². The molecule has 0 unspecified atom stereocenters. The van der Waals surface area contributed by atoms with Gasteiger partial charge in [-0.2, -0.15) is 0 Å². The topological polar surface area (TPSA) is 105 Å². The summed E-state index contributed by atoms with van der Waals surface area (Å²) in [6.07, 6.45) is 4.18. The molecule has 9 heteroatoms. The van der Waals surface area contributed by atoms with E-state index in [4.69, 9.17) is 27.4 Å². The number of aromatic nitrogens is 1. The number of nitrogens with one attached hydrogen (secondary N) is 3. The lowest BCUT2D eigenvalue weighted by Crippen LogP contribution is -2.42. The van der Waals surface area contributed by atoms with E-state index in [0.29, 0.717) is 23.7 Å². The number of pyridine rings is 1. The fourth-order valence-electron chi connectivity index (χ4n) is 4.03. The van der Waals surface area contributed by atoms with E-state index in [1.54, 1.807) is 24.2 Å². The van der Waals surface area contributed by atoms with Crippen molar-refractivity contribution in [2.75, 3.05) is 11.4 Å². The van der Waals surface area contributed by atoms with Crippen LogP contribution in [0, 0.1) is 24.7 Å². The van der Waals surface area contributed by atoms with Gasteiger partial charge in [0, 0.05) is 40.0 Å². The summed E-state index contributed by atoms with van der Waals surface area (Å²) in [5, 5.41) is 21.7. The van der Waals surface area contributed by atoms with Crippen LogP contribution in [0.2, 0.25) is 5.02 Å². The molecule has 0 radical (unpaired) electrons. The first-order valence-electron chi connectivity index (χ1n) is 11.3. The SMILES string of the molecule is CC(=N)N1C(=N)[C@H](CC(=O)NCCc2cccnc2)N=C(c2ccc(Cl)cc2)c2c1sc(C)c2C. The molecule has 7 nitrogen and oxygen atoms in total. The van der Waals surface area contributed by atoms with Crippen LogP contribution < -0.4 is 10.2 Å². The second-order valence-corrected chi connectivity index (χ2v) is 10.1. The number of amides is 1. The first-order valence-corrected chi connectivity index (χ1v) is 12.5. The van der Waals surface area contributed by atoms with Gasteiger partial charge in [-0.15, -0.1) is 11.3 Å². The van der Waals surface area contributed by atoms with Crippen molar-refractivity contribution in [3.8, 4) is 0 Å². The van der Waals surface area contributed by atoms with Crippen LogP contribution in [0.1, 0.15) is 40.5 Å². The highest BCUT2D eigenvalue weighted by molar-refractivity contribution is 7.17. The standard InChI is InChI=1S/C26H27ClN6OS/c1-15-16(2)35-26-23(15)24(19-6-8-20(27)9-7-19)32-21(25(29)33(26)17(3)28)13-22(34)31-12-10-18-5-4-11-30-14-18/h4-9,11,14,21,28-29H,10,12-13H2,1-3H3,(H,31,34)/t21-/m0/s1. The maximum atomic E-state index is 12.9. The largest absolute Gasteiger partial charge is 0.356 e. The van der Waals surface area contributed by atoms with Crippen LogP contribution >= 0.6 is 22.9 Å². The number of nitrogens with zero attached hydrogens (tertiary/aromatic N) is 3. The number of benzene rings is 1. The first-order chi connectivity index (χ1) is 16.8. The second-order valence-electron chi connectivity index (χ2n) is 8.44. The molecule has 1 amide bonds. The number of rotatable bonds is 6. The zero-order valence-corrected chi connectivity index (χ0v) is 21.4. The van der Waals surface area contributed by atoms with E-state index in [1.165, 1.54) is 11.3 Å². The Labute approximate surface area is 213 Å².